The summed E-state index contributed by atoms with van der Waals surface area (Å²) in [5, 5.41) is 0. The fraction of sp³-hybridized carbons (Fsp3) is 0.429. The number of hydrogen-bond donors (Lipinski definition) is 1. The van der Waals surface area contributed by atoms with Crippen LogP contribution < -0.4 is 4.72 Å². The predicted molar refractivity (Wildman–Crippen MR) is 79.2 cm³/mol. The molecule has 122 valence electrons. The van der Waals surface area contributed by atoms with Gasteiger partial charge in [-0.3, -0.25) is 0 Å². The van der Waals surface area contributed by atoms with Crippen molar-refractivity contribution in [3.63, 3.8) is 0 Å². The molecule has 0 aliphatic rings. The van der Waals surface area contributed by atoms with Crippen LogP contribution in [0.1, 0.15) is 41.5 Å². The number of methoxy groups -OCH3 is 2. The summed E-state index contributed by atoms with van der Waals surface area (Å²) in [6.45, 7) is 5.03. The maximum Gasteiger partial charge on any atom is 0.337 e. The summed E-state index contributed by atoms with van der Waals surface area (Å²) in [5.74, 6) is -1.50. The number of hydrogen-bond acceptors (Lipinski definition) is 6. The minimum absolute atomic E-state index is 0.0558. The molecule has 0 spiro atoms. The highest BCUT2D eigenvalue weighted by Gasteiger charge is 2.25. The molecular formula is C14H19NO6S. The lowest BCUT2D eigenvalue weighted by Crippen LogP contribution is -2.40. The molecule has 0 unspecified atom stereocenters. The molecule has 0 heterocycles. The fourth-order valence-electron chi connectivity index (χ4n) is 1.69. The van der Waals surface area contributed by atoms with Gasteiger partial charge in [0.2, 0.25) is 10.0 Å². The van der Waals surface area contributed by atoms with Crippen molar-refractivity contribution in [2.24, 2.45) is 0 Å². The molecule has 0 amide bonds. The topological polar surface area (TPSA) is 98.8 Å². The van der Waals surface area contributed by atoms with Gasteiger partial charge >= 0.3 is 11.9 Å². The lowest BCUT2D eigenvalue weighted by molar-refractivity contribution is 0.0598. The van der Waals surface area contributed by atoms with Crippen molar-refractivity contribution in [2.75, 3.05) is 14.2 Å². The summed E-state index contributed by atoms with van der Waals surface area (Å²) < 4.78 is 36.3. The smallest absolute Gasteiger partial charge is 0.337 e. The number of sulfonamides is 1. The van der Waals surface area contributed by atoms with Gasteiger partial charge in [0.15, 0.2) is 0 Å². The lowest BCUT2D eigenvalue weighted by Gasteiger charge is -2.20. The third-order valence-electron chi connectivity index (χ3n) is 2.50. The minimum atomic E-state index is -3.91. The van der Waals surface area contributed by atoms with E-state index in [-0.39, 0.29) is 16.0 Å². The molecule has 0 aliphatic heterocycles. The first-order chi connectivity index (χ1) is 10.00. The highest BCUT2D eigenvalue weighted by molar-refractivity contribution is 7.89. The van der Waals surface area contributed by atoms with Gasteiger partial charge in [-0.05, 0) is 39.0 Å². The van der Waals surface area contributed by atoms with E-state index >= 15 is 0 Å². The summed E-state index contributed by atoms with van der Waals surface area (Å²) >= 11 is 0. The Labute approximate surface area is 129 Å². The highest BCUT2D eigenvalue weighted by Crippen LogP contribution is 2.19. The van der Waals surface area contributed by atoms with Gasteiger partial charge < -0.3 is 9.47 Å². The normalized spacial score (nSPS) is 11.9. The quantitative estimate of drug-likeness (QED) is 0.837. The molecule has 0 aliphatic carbocycles. The number of esters is 2. The van der Waals surface area contributed by atoms with Gasteiger partial charge in [-0.2, -0.15) is 0 Å². The average molecular weight is 329 g/mol. The summed E-state index contributed by atoms with van der Waals surface area (Å²) in [5.41, 5.74) is -0.828. The van der Waals surface area contributed by atoms with Crippen molar-refractivity contribution < 1.29 is 27.5 Å². The van der Waals surface area contributed by atoms with E-state index in [9.17, 15) is 18.0 Å². The Balaban J connectivity index is 3.47. The number of ether oxygens (including phenoxy) is 2. The van der Waals surface area contributed by atoms with Crippen LogP contribution in [0.2, 0.25) is 0 Å². The Morgan fingerprint density at radius 1 is 0.955 bits per heavy atom. The summed E-state index contributed by atoms with van der Waals surface area (Å²) in [4.78, 5) is 23.1. The third-order valence-corrected chi connectivity index (χ3v) is 4.24. The van der Waals surface area contributed by atoms with E-state index < -0.39 is 27.5 Å². The van der Waals surface area contributed by atoms with Crippen molar-refractivity contribution in [3.8, 4) is 0 Å². The van der Waals surface area contributed by atoms with Crippen molar-refractivity contribution >= 4 is 22.0 Å². The fourth-order valence-corrected chi connectivity index (χ4v) is 3.18. The Morgan fingerprint density at radius 2 is 1.36 bits per heavy atom. The van der Waals surface area contributed by atoms with Gasteiger partial charge in [0.25, 0.3) is 0 Å². The molecule has 7 nitrogen and oxygen atoms in total. The van der Waals surface area contributed by atoms with Gasteiger partial charge in [0, 0.05) is 5.54 Å². The summed E-state index contributed by atoms with van der Waals surface area (Å²) in [7, 11) is -1.59. The van der Waals surface area contributed by atoms with E-state index in [0.717, 1.165) is 26.4 Å². The van der Waals surface area contributed by atoms with Crippen LogP contribution in [0.15, 0.2) is 23.1 Å². The van der Waals surface area contributed by atoms with E-state index in [1.165, 1.54) is 6.07 Å². The second kappa shape index (κ2) is 6.45. The third kappa shape index (κ3) is 4.54. The minimum Gasteiger partial charge on any atom is -0.465 e. The van der Waals surface area contributed by atoms with Crippen LogP contribution >= 0.6 is 0 Å². The molecule has 22 heavy (non-hydrogen) atoms. The van der Waals surface area contributed by atoms with Gasteiger partial charge in [-0.1, -0.05) is 0 Å². The van der Waals surface area contributed by atoms with Gasteiger partial charge in [0.1, 0.15) is 0 Å². The maximum atomic E-state index is 12.4. The number of nitrogens with one attached hydrogen (secondary N) is 1. The molecule has 0 aromatic heterocycles. The Hall–Kier alpha value is -1.93. The standard InChI is InChI=1S/C14H19NO6S/c1-14(2,3)15-22(18,19)11-7-9(12(16)20-4)6-10(8-11)13(17)21-5/h6-8,15H,1-5H3. The lowest BCUT2D eigenvalue weighted by atomic mass is 10.1. The van der Waals surface area contributed by atoms with Crippen LogP contribution in [0.5, 0.6) is 0 Å². The predicted octanol–water partition coefficient (Wildman–Crippen LogP) is 1.34. The molecule has 1 rings (SSSR count). The SMILES string of the molecule is COC(=O)c1cc(C(=O)OC)cc(S(=O)(=O)NC(C)(C)C)c1. The Kier molecular flexibility index (Phi) is 5.31. The molecule has 0 saturated heterocycles. The number of benzene rings is 1. The monoisotopic (exact) mass is 329 g/mol. The second-order valence-corrected chi connectivity index (χ2v) is 7.27. The van der Waals surface area contributed by atoms with E-state index in [1.807, 2.05) is 0 Å². The first-order valence-corrected chi connectivity index (χ1v) is 7.84. The Morgan fingerprint density at radius 3 is 1.68 bits per heavy atom. The van der Waals surface area contributed by atoms with Crippen LogP contribution in [0, 0.1) is 0 Å². The maximum absolute atomic E-state index is 12.4. The van der Waals surface area contributed by atoms with Crippen molar-refractivity contribution in [1.82, 2.24) is 4.72 Å². The van der Waals surface area contributed by atoms with Crippen LogP contribution in [0.3, 0.4) is 0 Å². The number of carbonyl (C=O) groups excluding carboxylic acids is 2. The molecule has 0 saturated carbocycles. The van der Waals surface area contributed by atoms with Crippen molar-refractivity contribution in [1.29, 1.82) is 0 Å². The molecule has 1 aromatic rings. The molecule has 0 bridgehead atoms. The first-order valence-electron chi connectivity index (χ1n) is 6.36. The first kappa shape index (κ1) is 18.1. The van der Waals surface area contributed by atoms with Gasteiger partial charge in [-0.15, -0.1) is 0 Å². The Bertz CT molecular complexity index is 654. The largest absolute Gasteiger partial charge is 0.465 e. The van der Waals surface area contributed by atoms with Crippen LogP contribution in [0.4, 0.5) is 0 Å². The van der Waals surface area contributed by atoms with Crippen molar-refractivity contribution in [2.45, 2.75) is 31.2 Å². The zero-order chi connectivity index (χ0) is 17.1. The zero-order valence-corrected chi connectivity index (χ0v) is 13.9. The van der Waals surface area contributed by atoms with Crippen LogP contribution in [0.25, 0.3) is 0 Å². The number of carbonyl (C=O) groups is 2. The molecule has 1 aromatic carbocycles. The van der Waals surface area contributed by atoms with Gasteiger partial charge in [-0.25, -0.2) is 22.7 Å². The average Bonchev–Trinajstić information content (AvgIpc) is 2.42. The second-order valence-electron chi connectivity index (χ2n) is 5.58. The molecule has 8 heteroatoms. The van der Waals surface area contributed by atoms with E-state index in [1.54, 1.807) is 20.8 Å². The van der Waals surface area contributed by atoms with E-state index in [4.69, 9.17) is 0 Å². The number of rotatable bonds is 4. The zero-order valence-electron chi connectivity index (χ0n) is 13.1. The molecule has 1 N–H and O–H groups in total. The van der Waals surface area contributed by atoms with E-state index in [0.29, 0.717) is 0 Å². The highest BCUT2D eigenvalue weighted by atomic mass is 32.2. The molecule has 0 radical (unpaired) electrons. The molecule has 0 atom stereocenters. The summed E-state index contributed by atoms with van der Waals surface area (Å²) in [6, 6.07) is 3.51. The van der Waals surface area contributed by atoms with Crippen LogP contribution in [-0.4, -0.2) is 40.1 Å². The van der Waals surface area contributed by atoms with Crippen molar-refractivity contribution in [3.05, 3.63) is 29.3 Å². The van der Waals surface area contributed by atoms with E-state index in [2.05, 4.69) is 14.2 Å². The summed E-state index contributed by atoms with van der Waals surface area (Å²) in [6.07, 6.45) is 0. The molecular weight excluding hydrogens is 310 g/mol. The molecule has 0 fully saturated rings. The van der Waals surface area contributed by atoms with Gasteiger partial charge in [0.05, 0.1) is 30.2 Å². The van der Waals surface area contributed by atoms with Crippen LogP contribution in [-0.2, 0) is 19.5 Å².